The molecule has 0 amide bonds. The monoisotopic (exact) mass is 313 g/mol. The molecule has 0 aliphatic rings. The summed E-state index contributed by atoms with van der Waals surface area (Å²) in [4.78, 5) is 0. The van der Waals surface area contributed by atoms with Gasteiger partial charge in [-0.05, 0) is 56.0 Å². The molecule has 0 aliphatic carbocycles. The van der Waals surface area contributed by atoms with Crippen LogP contribution in [-0.2, 0) is 4.74 Å². The second kappa shape index (κ2) is 8.68. The highest BCUT2D eigenvalue weighted by atomic mass is 79.9. The third kappa shape index (κ3) is 5.51. The first-order valence-corrected chi connectivity index (χ1v) is 7.46. The van der Waals surface area contributed by atoms with Crippen LogP contribution in [0.3, 0.4) is 0 Å². The van der Waals surface area contributed by atoms with E-state index in [1.165, 1.54) is 11.1 Å². The molecule has 0 saturated carbocycles. The molecule has 0 aromatic heterocycles. The summed E-state index contributed by atoms with van der Waals surface area (Å²) in [5.74, 6) is 0. The summed E-state index contributed by atoms with van der Waals surface area (Å²) >= 11 is 3.58. The SMILES string of the molecule is CCCNC(CCCOC)c1cc(C)cc(Br)c1. The van der Waals surface area contributed by atoms with Crippen molar-refractivity contribution < 1.29 is 4.74 Å². The molecule has 1 rings (SSSR count). The summed E-state index contributed by atoms with van der Waals surface area (Å²) in [6.07, 6.45) is 3.36. The van der Waals surface area contributed by atoms with Crippen LogP contribution in [0.25, 0.3) is 0 Å². The van der Waals surface area contributed by atoms with Crippen molar-refractivity contribution in [3.05, 3.63) is 33.8 Å². The van der Waals surface area contributed by atoms with E-state index in [1.807, 2.05) is 0 Å². The van der Waals surface area contributed by atoms with Crippen LogP contribution in [0, 0.1) is 6.92 Å². The van der Waals surface area contributed by atoms with Gasteiger partial charge in [-0.3, -0.25) is 0 Å². The Labute approximate surface area is 119 Å². The summed E-state index contributed by atoms with van der Waals surface area (Å²) in [5.41, 5.74) is 2.67. The fourth-order valence-corrected chi connectivity index (χ4v) is 2.73. The summed E-state index contributed by atoms with van der Waals surface area (Å²) in [5, 5.41) is 3.62. The van der Waals surface area contributed by atoms with E-state index in [1.54, 1.807) is 7.11 Å². The molecule has 0 fully saturated rings. The third-order valence-electron chi connectivity index (χ3n) is 2.95. The predicted octanol–water partition coefficient (Wildman–Crippen LogP) is 4.22. The van der Waals surface area contributed by atoms with Gasteiger partial charge in [-0.1, -0.05) is 28.9 Å². The van der Waals surface area contributed by atoms with Gasteiger partial charge in [-0.2, -0.15) is 0 Å². The molecule has 18 heavy (non-hydrogen) atoms. The largest absolute Gasteiger partial charge is 0.385 e. The number of halogens is 1. The Hall–Kier alpha value is -0.380. The summed E-state index contributed by atoms with van der Waals surface area (Å²) < 4.78 is 6.30. The molecule has 1 unspecified atom stereocenters. The zero-order chi connectivity index (χ0) is 13.4. The van der Waals surface area contributed by atoms with Crippen molar-refractivity contribution in [3.63, 3.8) is 0 Å². The zero-order valence-electron chi connectivity index (χ0n) is 11.6. The van der Waals surface area contributed by atoms with Gasteiger partial charge in [0.25, 0.3) is 0 Å². The number of rotatable bonds is 8. The molecule has 102 valence electrons. The minimum atomic E-state index is 0.427. The van der Waals surface area contributed by atoms with Crippen molar-refractivity contribution in [2.45, 2.75) is 39.2 Å². The average Bonchev–Trinajstić information content (AvgIpc) is 2.32. The van der Waals surface area contributed by atoms with Gasteiger partial charge in [-0.15, -0.1) is 0 Å². The van der Waals surface area contributed by atoms with Crippen LogP contribution >= 0.6 is 15.9 Å². The number of nitrogens with one attached hydrogen (secondary N) is 1. The molecule has 0 radical (unpaired) electrons. The first-order valence-electron chi connectivity index (χ1n) is 6.66. The highest BCUT2D eigenvalue weighted by molar-refractivity contribution is 9.10. The van der Waals surface area contributed by atoms with Gasteiger partial charge in [0.05, 0.1) is 0 Å². The normalized spacial score (nSPS) is 12.7. The van der Waals surface area contributed by atoms with E-state index < -0.39 is 0 Å². The lowest BCUT2D eigenvalue weighted by Crippen LogP contribution is -2.22. The van der Waals surface area contributed by atoms with E-state index >= 15 is 0 Å². The molecular formula is C15H24BrNO. The summed E-state index contributed by atoms with van der Waals surface area (Å²) in [6.45, 7) is 6.23. The number of hydrogen-bond acceptors (Lipinski definition) is 2. The molecule has 1 N–H and O–H groups in total. The van der Waals surface area contributed by atoms with Crippen LogP contribution in [0.5, 0.6) is 0 Å². The maximum absolute atomic E-state index is 5.14. The molecule has 0 bridgehead atoms. The zero-order valence-corrected chi connectivity index (χ0v) is 13.2. The lowest BCUT2D eigenvalue weighted by atomic mass is 10.00. The van der Waals surface area contributed by atoms with Gasteiger partial charge in [0.1, 0.15) is 0 Å². The molecule has 3 heteroatoms. The second-order valence-electron chi connectivity index (χ2n) is 4.70. The van der Waals surface area contributed by atoms with Crippen molar-refractivity contribution in [1.82, 2.24) is 5.32 Å². The van der Waals surface area contributed by atoms with Crippen LogP contribution in [0.15, 0.2) is 22.7 Å². The molecule has 0 aliphatic heterocycles. The Balaban J connectivity index is 2.72. The molecule has 0 spiro atoms. The third-order valence-corrected chi connectivity index (χ3v) is 3.41. The Morgan fingerprint density at radius 2 is 2.11 bits per heavy atom. The van der Waals surface area contributed by atoms with Gasteiger partial charge < -0.3 is 10.1 Å². The van der Waals surface area contributed by atoms with Crippen molar-refractivity contribution in [2.24, 2.45) is 0 Å². The predicted molar refractivity (Wildman–Crippen MR) is 81.0 cm³/mol. The van der Waals surface area contributed by atoms with Crippen molar-refractivity contribution in [2.75, 3.05) is 20.3 Å². The second-order valence-corrected chi connectivity index (χ2v) is 5.62. The van der Waals surface area contributed by atoms with Crippen LogP contribution in [0.4, 0.5) is 0 Å². The fraction of sp³-hybridized carbons (Fsp3) is 0.600. The fourth-order valence-electron chi connectivity index (χ4n) is 2.10. The molecule has 0 saturated heterocycles. The minimum Gasteiger partial charge on any atom is -0.385 e. The first-order chi connectivity index (χ1) is 8.67. The van der Waals surface area contributed by atoms with E-state index in [4.69, 9.17) is 4.74 Å². The van der Waals surface area contributed by atoms with Gasteiger partial charge in [0.2, 0.25) is 0 Å². The first kappa shape index (κ1) is 15.7. The topological polar surface area (TPSA) is 21.3 Å². The smallest absolute Gasteiger partial charge is 0.0462 e. The van der Waals surface area contributed by atoms with E-state index in [0.717, 1.165) is 36.9 Å². The van der Waals surface area contributed by atoms with Crippen LogP contribution < -0.4 is 5.32 Å². The highest BCUT2D eigenvalue weighted by Crippen LogP contribution is 2.24. The van der Waals surface area contributed by atoms with Gasteiger partial charge in [0, 0.05) is 24.2 Å². The van der Waals surface area contributed by atoms with Crippen molar-refractivity contribution >= 4 is 15.9 Å². The average molecular weight is 314 g/mol. The van der Waals surface area contributed by atoms with E-state index in [0.29, 0.717) is 6.04 Å². The number of benzene rings is 1. The van der Waals surface area contributed by atoms with Crippen LogP contribution in [0.2, 0.25) is 0 Å². The highest BCUT2D eigenvalue weighted by Gasteiger charge is 2.11. The molecule has 2 nitrogen and oxygen atoms in total. The Bertz CT molecular complexity index is 334. The Morgan fingerprint density at radius 3 is 2.72 bits per heavy atom. The van der Waals surface area contributed by atoms with Crippen LogP contribution in [-0.4, -0.2) is 20.3 Å². The number of hydrogen-bond donors (Lipinski definition) is 1. The quantitative estimate of drug-likeness (QED) is 0.725. The minimum absolute atomic E-state index is 0.427. The molecule has 1 atom stereocenters. The maximum Gasteiger partial charge on any atom is 0.0462 e. The Morgan fingerprint density at radius 1 is 1.33 bits per heavy atom. The van der Waals surface area contributed by atoms with Gasteiger partial charge in [0.15, 0.2) is 0 Å². The van der Waals surface area contributed by atoms with E-state index in [2.05, 4.69) is 53.3 Å². The summed E-state index contributed by atoms with van der Waals surface area (Å²) in [6, 6.07) is 7.06. The lowest BCUT2D eigenvalue weighted by Gasteiger charge is -2.20. The maximum atomic E-state index is 5.14. The molecule has 0 heterocycles. The van der Waals surface area contributed by atoms with E-state index in [-0.39, 0.29) is 0 Å². The lowest BCUT2D eigenvalue weighted by molar-refractivity contribution is 0.188. The van der Waals surface area contributed by atoms with Gasteiger partial charge in [-0.25, -0.2) is 0 Å². The Kier molecular flexibility index (Phi) is 7.56. The molecule has 1 aromatic rings. The number of ether oxygens (including phenoxy) is 1. The summed E-state index contributed by atoms with van der Waals surface area (Å²) in [7, 11) is 1.76. The number of aryl methyl sites for hydroxylation is 1. The van der Waals surface area contributed by atoms with Crippen molar-refractivity contribution in [1.29, 1.82) is 0 Å². The van der Waals surface area contributed by atoms with Crippen LogP contribution in [0.1, 0.15) is 43.4 Å². The standard InChI is InChI=1S/C15H24BrNO/c1-4-7-17-15(6-5-8-18-3)13-9-12(2)10-14(16)11-13/h9-11,15,17H,4-8H2,1-3H3. The van der Waals surface area contributed by atoms with Gasteiger partial charge >= 0.3 is 0 Å². The molecular weight excluding hydrogens is 290 g/mol. The number of methoxy groups -OCH3 is 1. The molecule has 1 aromatic carbocycles. The van der Waals surface area contributed by atoms with E-state index in [9.17, 15) is 0 Å². The van der Waals surface area contributed by atoms with Crippen molar-refractivity contribution in [3.8, 4) is 0 Å².